The summed E-state index contributed by atoms with van der Waals surface area (Å²) >= 11 is 0. The first-order valence-corrected chi connectivity index (χ1v) is 4.79. The minimum Gasteiger partial charge on any atom is -0.383 e. The van der Waals surface area contributed by atoms with Gasteiger partial charge in [0.15, 0.2) is 0 Å². The number of hydrogen-bond acceptors (Lipinski definition) is 3. The molecule has 0 aliphatic carbocycles. The van der Waals surface area contributed by atoms with E-state index >= 15 is 0 Å². The number of aromatic nitrogens is 2. The van der Waals surface area contributed by atoms with Gasteiger partial charge in [-0.1, -0.05) is 17.1 Å². The molecule has 2 radical (unpaired) electrons. The van der Waals surface area contributed by atoms with E-state index in [4.69, 9.17) is 13.6 Å². The average molecular weight is 211 g/mol. The SMILES string of the molecule is [B]c1cc(-n2ccc(N)nc2=O)ccc1C. The molecule has 5 heteroatoms. The van der Waals surface area contributed by atoms with Gasteiger partial charge in [-0.25, -0.2) is 4.79 Å². The molecule has 2 N–H and O–H groups in total. The van der Waals surface area contributed by atoms with E-state index in [-0.39, 0.29) is 5.82 Å². The third kappa shape index (κ3) is 1.84. The van der Waals surface area contributed by atoms with Gasteiger partial charge >= 0.3 is 5.69 Å². The Morgan fingerprint density at radius 3 is 2.75 bits per heavy atom. The fourth-order valence-corrected chi connectivity index (χ4v) is 1.39. The van der Waals surface area contributed by atoms with Gasteiger partial charge in [0.2, 0.25) is 0 Å². The Kier molecular flexibility index (Phi) is 2.52. The van der Waals surface area contributed by atoms with Gasteiger partial charge in [-0.3, -0.25) is 4.57 Å². The van der Waals surface area contributed by atoms with Crippen molar-refractivity contribution in [2.75, 3.05) is 5.73 Å². The summed E-state index contributed by atoms with van der Waals surface area (Å²) in [7, 11) is 5.78. The van der Waals surface area contributed by atoms with Crippen LogP contribution in [0.5, 0.6) is 0 Å². The summed E-state index contributed by atoms with van der Waals surface area (Å²) < 4.78 is 1.40. The molecule has 0 saturated carbocycles. The largest absolute Gasteiger partial charge is 0.383 e. The van der Waals surface area contributed by atoms with Crippen molar-refractivity contribution < 1.29 is 0 Å². The standard InChI is InChI=1S/C11H10BN3O/c1-7-2-3-8(6-9(7)12)15-5-4-10(13)14-11(15)16/h2-6H,1H3,(H2,13,14,16). The van der Waals surface area contributed by atoms with E-state index in [2.05, 4.69) is 4.98 Å². The Labute approximate surface area is 94.2 Å². The molecular formula is C11H10BN3O. The maximum absolute atomic E-state index is 11.6. The fraction of sp³-hybridized carbons (Fsp3) is 0.0909. The van der Waals surface area contributed by atoms with Crippen LogP contribution in [0.15, 0.2) is 35.3 Å². The van der Waals surface area contributed by atoms with Gasteiger partial charge in [-0.05, 0) is 25.1 Å². The molecule has 78 valence electrons. The van der Waals surface area contributed by atoms with E-state index < -0.39 is 5.69 Å². The number of benzene rings is 1. The maximum atomic E-state index is 11.6. The predicted molar refractivity (Wildman–Crippen MR) is 64.4 cm³/mol. The van der Waals surface area contributed by atoms with Crippen LogP contribution in [-0.2, 0) is 0 Å². The van der Waals surface area contributed by atoms with Gasteiger partial charge in [0, 0.05) is 11.9 Å². The van der Waals surface area contributed by atoms with Crippen molar-refractivity contribution in [2.24, 2.45) is 0 Å². The molecule has 0 fully saturated rings. The van der Waals surface area contributed by atoms with Crippen LogP contribution in [-0.4, -0.2) is 17.4 Å². The Morgan fingerprint density at radius 1 is 1.38 bits per heavy atom. The van der Waals surface area contributed by atoms with Crippen LogP contribution in [0.2, 0.25) is 0 Å². The summed E-state index contributed by atoms with van der Waals surface area (Å²) in [4.78, 5) is 15.2. The molecule has 2 aromatic rings. The molecule has 0 aliphatic heterocycles. The fourth-order valence-electron chi connectivity index (χ4n) is 1.39. The highest BCUT2D eigenvalue weighted by molar-refractivity contribution is 6.33. The Hall–Kier alpha value is -2.04. The summed E-state index contributed by atoms with van der Waals surface area (Å²) in [5, 5.41) is 0. The Morgan fingerprint density at radius 2 is 2.12 bits per heavy atom. The van der Waals surface area contributed by atoms with Crippen molar-refractivity contribution in [1.29, 1.82) is 0 Å². The minimum atomic E-state index is -0.414. The number of nitrogens with zero attached hydrogens (tertiary/aromatic N) is 2. The summed E-state index contributed by atoms with van der Waals surface area (Å²) in [5.41, 5.74) is 7.29. The lowest BCUT2D eigenvalue weighted by molar-refractivity contribution is 0.920. The normalized spacial score (nSPS) is 10.3. The molecule has 4 nitrogen and oxygen atoms in total. The summed E-state index contributed by atoms with van der Waals surface area (Å²) in [6.45, 7) is 1.91. The molecule has 0 aliphatic rings. The quantitative estimate of drug-likeness (QED) is 0.671. The van der Waals surface area contributed by atoms with Crippen molar-refractivity contribution in [1.82, 2.24) is 9.55 Å². The highest BCUT2D eigenvalue weighted by Gasteiger charge is 2.02. The molecule has 2 rings (SSSR count). The molecule has 0 unspecified atom stereocenters. The second-order valence-electron chi connectivity index (χ2n) is 3.55. The molecule has 0 spiro atoms. The van der Waals surface area contributed by atoms with Gasteiger partial charge in [0.05, 0.1) is 0 Å². The van der Waals surface area contributed by atoms with Crippen molar-refractivity contribution in [3.63, 3.8) is 0 Å². The smallest absolute Gasteiger partial charge is 0.354 e. The molecule has 0 saturated heterocycles. The van der Waals surface area contributed by atoms with Gasteiger partial charge < -0.3 is 5.73 Å². The lowest BCUT2D eigenvalue weighted by Gasteiger charge is -2.07. The zero-order valence-electron chi connectivity index (χ0n) is 8.84. The van der Waals surface area contributed by atoms with E-state index in [1.165, 1.54) is 4.57 Å². The van der Waals surface area contributed by atoms with Crippen LogP contribution >= 0.6 is 0 Å². The summed E-state index contributed by atoms with van der Waals surface area (Å²) in [6, 6.07) is 6.96. The molecule has 0 bridgehead atoms. The lowest BCUT2D eigenvalue weighted by atomic mass is 9.91. The first-order valence-electron chi connectivity index (χ1n) is 4.79. The van der Waals surface area contributed by atoms with Crippen LogP contribution in [0, 0.1) is 6.92 Å². The zero-order chi connectivity index (χ0) is 11.7. The second kappa shape index (κ2) is 3.85. The predicted octanol–water partition coefficient (Wildman–Crippen LogP) is -0.0831. The van der Waals surface area contributed by atoms with Crippen molar-refractivity contribution >= 4 is 19.1 Å². The topological polar surface area (TPSA) is 60.9 Å². The van der Waals surface area contributed by atoms with Gasteiger partial charge in [0.1, 0.15) is 13.7 Å². The summed E-state index contributed by atoms with van der Waals surface area (Å²) in [5.74, 6) is 0.210. The number of aryl methyl sites for hydroxylation is 1. The van der Waals surface area contributed by atoms with Gasteiger partial charge in [-0.2, -0.15) is 4.98 Å². The van der Waals surface area contributed by atoms with Crippen molar-refractivity contribution in [3.05, 3.63) is 46.5 Å². The molecule has 1 aromatic heterocycles. The van der Waals surface area contributed by atoms with Crippen LogP contribution in [0.4, 0.5) is 5.82 Å². The molecule has 0 amide bonds. The molecule has 1 aromatic carbocycles. The zero-order valence-corrected chi connectivity index (χ0v) is 8.84. The third-order valence-corrected chi connectivity index (χ3v) is 2.37. The lowest BCUT2D eigenvalue weighted by Crippen LogP contribution is -2.22. The number of nitrogen functional groups attached to an aromatic ring is 1. The average Bonchev–Trinajstić information content (AvgIpc) is 2.22. The first-order chi connectivity index (χ1) is 7.58. The molecular weight excluding hydrogens is 201 g/mol. The summed E-state index contributed by atoms with van der Waals surface area (Å²) in [6.07, 6.45) is 1.58. The van der Waals surface area contributed by atoms with E-state index in [1.54, 1.807) is 18.3 Å². The highest BCUT2D eigenvalue weighted by atomic mass is 16.1. The van der Waals surface area contributed by atoms with Crippen molar-refractivity contribution in [3.8, 4) is 5.69 Å². The third-order valence-electron chi connectivity index (χ3n) is 2.37. The maximum Gasteiger partial charge on any atom is 0.354 e. The van der Waals surface area contributed by atoms with Crippen LogP contribution in [0.3, 0.4) is 0 Å². The van der Waals surface area contributed by atoms with Gasteiger partial charge in [-0.15, -0.1) is 0 Å². The first kappa shape index (κ1) is 10.5. The molecule has 0 atom stereocenters. The Balaban J connectivity index is 2.59. The number of rotatable bonds is 1. The molecule has 1 heterocycles. The number of hydrogen-bond donors (Lipinski definition) is 1. The van der Waals surface area contributed by atoms with Crippen LogP contribution < -0.4 is 16.9 Å². The monoisotopic (exact) mass is 211 g/mol. The number of anilines is 1. The number of nitrogens with two attached hydrogens (primary N) is 1. The van der Waals surface area contributed by atoms with E-state index in [0.29, 0.717) is 11.2 Å². The van der Waals surface area contributed by atoms with Gasteiger partial charge in [0.25, 0.3) is 0 Å². The van der Waals surface area contributed by atoms with Crippen LogP contribution in [0.1, 0.15) is 5.56 Å². The van der Waals surface area contributed by atoms with E-state index in [9.17, 15) is 4.79 Å². The second-order valence-corrected chi connectivity index (χ2v) is 3.55. The van der Waals surface area contributed by atoms with Crippen molar-refractivity contribution in [2.45, 2.75) is 6.92 Å². The Bertz CT molecular complexity index is 592. The molecule has 16 heavy (non-hydrogen) atoms. The minimum absolute atomic E-state index is 0.210. The van der Waals surface area contributed by atoms with E-state index in [0.717, 1.165) is 5.56 Å². The highest BCUT2D eigenvalue weighted by Crippen LogP contribution is 2.04. The van der Waals surface area contributed by atoms with Crippen LogP contribution in [0.25, 0.3) is 5.69 Å². The van der Waals surface area contributed by atoms with E-state index in [1.807, 2.05) is 19.1 Å².